The van der Waals surface area contributed by atoms with E-state index >= 15 is 0 Å². The second-order valence-corrected chi connectivity index (χ2v) is 7.28. The number of carboxylic acids is 1. The van der Waals surface area contributed by atoms with Gasteiger partial charge in [-0.2, -0.15) is 0 Å². The molecule has 0 bridgehead atoms. The van der Waals surface area contributed by atoms with Crippen LogP contribution in [-0.4, -0.2) is 39.1 Å². The molecule has 0 saturated carbocycles. The van der Waals surface area contributed by atoms with Crippen LogP contribution in [0.4, 0.5) is 0 Å². The van der Waals surface area contributed by atoms with E-state index < -0.39 is 12.1 Å². The highest BCUT2D eigenvalue weighted by atomic mass is 16.4. The summed E-state index contributed by atoms with van der Waals surface area (Å²) in [6.45, 7) is 7.56. The van der Waals surface area contributed by atoms with Crippen LogP contribution < -0.4 is 0 Å². The van der Waals surface area contributed by atoms with E-state index in [1.807, 2.05) is 0 Å². The van der Waals surface area contributed by atoms with Gasteiger partial charge in [-0.25, -0.2) is 4.79 Å². The third kappa shape index (κ3) is 4.22. The van der Waals surface area contributed by atoms with Crippen LogP contribution in [0.3, 0.4) is 0 Å². The summed E-state index contributed by atoms with van der Waals surface area (Å²) < 4.78 is 0. The molecule has 5 nitrogen and oxygen atoms in total. The van der Waals surface area contributed by atoms with Crippen LogP contribution in [0.2, 0.25) is 0 Å². The molecule has 2 rings (SSSR count). The van der Waals surface area contributed by atoms with Crippen molar-refractivity contribution in [3.63, 3.8) is 0 Å². The predicted octanol–water partition coefficient (Wildman–Crippen LogP) is 3.40. The van der Waals surface area contributed by atoms with Crippen LogP contribution >= 0.6 is 0 Å². The molecule has 0 fully saturated rings. The average Bonchev–Trinajstić information content (AvgIpc) is 2.58. The van der Waals surface area contributed by atoms with E-state index in [0.717, 1.165) is 30.4 Å². The van der Waals surface area contributed by atoms with Crippen molar-refractivity contribution in [2.45, 2.75) is 57.5 Å². The second-order valence-electron chi connectivity index (χ2n) is 7.28. The number of aliphatic hydroxyl groups excluding tert-OH is 2. The summed E-state index contributed by atoms with van der Waals surface area (Å²) >= 11 is 0. The maximum absolute atomic E-state index is 11.3. The Morgan fingerprint density at radius 1 is 1.32 bits per heavy atom. The minimum atomic E-state index is -1.04. The van der Waals surface area contributed by atoms with Gasteiger partial charge in [0.05, 0.1) is 18.3 Å². The number of phenolic OH excluding ortho intramolecular Hbond substituents is 1. The molecule has 4 unspecified atom stereocenters. The number of rotatable bonds is 7. The number of fused-ring (bicyclic) bond motifs is 1. The van der Waals surface area contributed by atoms with Crippen LogP contribution in [0.15, 0.2) is 24.3 Å². The molecule has 1 aromatic carbocycles. The van der Waals surface area contributed by atoms with E-state index in [2.05, 4.69) is 20.4 Å². The number of hydrogen-bond donors (Lipinski definition) is 4. The van der Waals surface area contributed by atoms with Gasteiger partial charge in [0.1, 0.15) is 5.75 Å². The fourth-order valence-corrected chi connectivity index (χ4v) is 3.88. The fourth-order valence-electron chi connectivity index (χ4n) is 3.88. The third-order valence-electron chi connectivity index (χ3n) is 5.50. The van der Waals surface area contributed by atoms with Gasteiger partial charge in [0.25, 0.3) is 0 Å². The lowest BCUT2D eigenvalue weighted by molar-refractivity contribution is 0.0696. The Morgan fingerprint density at radius 3 is 2.60 bits per heavy atom. The first-order valence-corrected chi connectivity index (χ1v) is 8.82. The van der Waals surface area contributed by atoms with Gasteiger partial charge >= 0.3 is 5.97 Å². The summed E-state index contributed by atoms with van der Waals surface area (Å²) in [7, 11) is 0. The van der Waals surface area contributed by atoms with E-state index in [0.29, 0.717) is 12.0 Å². The zero-order valence-corrected chi connectivity index (χ0v) is 14.9. The molecule has 0 radical (unpaired) electrons. The Labute approximate surface area is 148 Å². The second kappa shape index (κ2) is 8.02. The monoisotopic (exact) mass is 348 g/mol. The first-order valence-electron chi connectivity index (χ1n) is 8.82. The van der Waals surface area contributed by atoms with Crippen LogP contribution in [0.5, 0.6) is 5.75 Å². The highest BCUT2D eigenvalue weighted by Gasteiger charge is 2.32. The highest BCUT2D eigenvalue weighted by molar-refractivity contribution is 5.88. The number of aliphatic hydroxyl groups is 2. The first kappa shape index (κ1) is 19.5. The molecule has 0 heterocycles. The topological polar surface area (TPSA) is 98.0 Å². The Kier molecular flexibility index (Phi) is 6.25. The summed E-state index contributed by atoms with van der Waals surface area (Å²) in [6.07, 6.45) is 2.37. The Bertz CT molecular complexity index is 652. The van der Waals surface area contributed by atoms with Gasteiger partial charge in [0.15, 0.2) is 0 Å². The number of aromatic hydroxyl groups is 1. The lowest BCUT2D eigenvalue weighted by atomic mass is 9.70. The maximum Gasteiger partial charge on any atom is 0.335 e. The van der Waals surface area contributed by atoms with Crippen molar-refractivity contribution in [2.75, 3.05) is 6.61 Å². The average molecular weight is 348 g/mol. The summed E-state index contributed by atoms with van der Waals surface area (Å²) in [5.74, 6) is -0.423. The summed E-state index contributed by atoms with van der Waals surface area (Å²) in [6, 6.07) is 3.02. The molecular formula is C20H28O5. The van der Waals surface area contributed by atoms with E-state index in [-0.39, 0.29) is 35.7 Å². The van der Waals surface area contributed by atoms with Gasteiger partial charge in [0, 0.05) is 5.56 Å². The molecule has 4 N–H and O–H groups in total. The minimum absolute atomic E-state index is 0.0630. The predicted molar refractivity (Wildman–Crippen MR) is 96.1 cm³/mol. The summed E-state index contributed by atoms with van der Waals surface area (Å²) in [4.78, 5) is 11.3. The van der Waals surface area contributed by atoms with Gasteiger partial charge in [-0.1, -0.05) is 20.4 Å². The van der Waals surface area contributed by atoms with Crippen LogP contribution in [0.1, 0.15) is 72.9 Å². The maximum atomic E-state index is 11.3. The molecule has 0 spiro atoms. The van der Waals surface area contributed by atoms with E-state index in [4.69, 9.17) is 5.11 Å². The van der Waals surface area contributed by atoms with Crippen LogP contribution in [0, 0.1) is 5.92 Å². The van der Waals surface area contributed by atoms with Crippen molar-refractivity contribution >= 4 is 5.97 Å². The molecule has 1 aliphatic rings. The SMILES string of the molecule is C=C(CO)C(O)CCC(C)C1CCC(C)c2c(O)cc(C(=O)O)cc21. The standard InChI is InChI=1S/C20H28O5/c1-11(5-7-17(22)13(3)10-21)15-6-4-12(2)19-16(15)8-14(20(24)25)9-18(19)23/h8-9,11-12,15,17,21-23H,3-7,10H2,1-2H3,(H,24,25). The van der Waals surface area contributed by atoms with Crippen LogP contribution in [-0.2, 0) is 0 Å². The lowest BCUT2D eigenvalue weighted by Crippen LogP contribution is -2.21. The van der Waals surface area contributed by atoms with E-state index in [9.17, 15) is 20.1 Å². The Hall–Kier alpha value is -1.85. The first-order chi connectivity index (χ1) is 11.8. The van der Waals surface area contributed by atoms with Crippen molar-refractivity contribution < 1.29 is 25.2 Å². The van der Waals surface area contributed by atoms with Gasteiger partial charge in [-0.15, -0.1) is 0 Å². The molecule has 4 atom stereocenters. The Balaban J connectivity index is 2.25. The largest absolute Gasteiger partial charge is 0.508 e. The minimum Gasteiger partial charge on any atom is -0.508 e. The summed E-state index contributed by atoms with van der Waals surface area (Å²) in [5.41, 5.74) is 2.29. The smallest absolute Gasteiger partial charge is 0.335 e. The van der Waals surface area contributed by atoms with Gasteiger partial charge in [-0.3, -0.25) is 0 Å². The van der Waals surface area contributed by atoms with Gasteiger partial charge in [-0.05, 0) is 66.7 Å². The lowest BCUT2D eigenvalue weighted by Gasteiger charge is -2.34. The fraction of sp³-hybridized carbons (Fsp3) is 0.550. The number of aromatic carboxylic acids is 1. The summed E-state index contributed by atoms with van der Waals surface area (Å²) in [5, 5.41) is 38.7. The van der Waals surface area contributed by atoms with Crippen molar-refractivity contribution in [1.82, 2.24) is 0 Å². The number of benzene rings is 1. The van der Waals surface area contributed by atoms with Crippen LogP contribution in [0.25, 0.3) is 0 Å². The third-order valence-corrected chi connectivity index (χ3v) is 5.50. The number of hydrogen-bond acceptors (Lipinski definition) is 4. The molecule has 138 valence electrons. The van der Waals surface area contributed by atoms with Crippen molar-refractivity contribution in [3.05, 3.63) is 41.0 Å². The molecule has 5 heteroatoms. The molecular weight excluding hydrogens is 320 g/mol. The zero-order chi connectivity index (χ0) is 18.7. The molecule has 0 saturated heterocycles. The van der Waals surface area contributed by atoms with Gasteiger partial charge in [0.2, 0.25) is 0 Å². The molecule has 0 amide bonds. The molecule has 1 aromatic rings. The van der Waals surface area contributed by atoms with Gasteiger partial charge < -0.3 is 20.4 Å². The zero-order valence-electron chi connectivity index (χ0n) is 14.9. The van der Waals surface area contributed by atoms with Crippen molar-refractivity contribution in [2.24, 2.45) is 5.92 Å². The molecule has 0 aliphatic heterocycles. The van der Waals surface area contributed by atoms with E-state index in [1.165, 1.54) is 6.07 Å². The number of carbonyl (C=O) groups is 1. The highest BCUT2D eigenvalue weighted by Crippen LogP contribution is 2.47. The number of carboxylic acid groups (broad SMARTS) is 1. The molecule has 1 aliphatic carbocycles. The normalized spacial score (nSPS) is 22.1. The van der Waals surface area contributed by atoms with E-state index in [1.54, 1.807) is 6.07 Å². The molecule has 0 aromatic heterocycles. The number of phenols is 1. The Morgan fingerprint density at radius 2 is 2.00 bits per heavy atom. The van der Waals surface area contributed by atoms with Crippen molar-refractivity contribution in [3.8, 4) is 5.75 Å². The van der Waals surface area contributed by atoms with Crippen molar-refractivity contribution in [1.29, 1.82) is 0 Å². The molecule has 25 heavy (non-hydrogen) atoms. The quantitative estimate of drug-likeness (QED) is 0.566.